The van der Waals surface area contributed by atoms with Crippen molar-refractivity contribution in [3.8, 4) is 0 Å². The van der Waals surface area contributed by atoms with E-state index in [2.05, 4.69) is 33.7 Å². The van der Waals surface area contributed by atoms with Gasteiger partial charge in [-0.2, -0.15) is 0 Å². The van der Waals surface area contributed by atoms with Crippen LogP contribution in [0.15, 0.2) is 49.2 Å². The fourth-order valence-electron chi connectivity index (χ4n) is 1.59. The van der Waals surface area contributed by atoms with Crippen LogP contribution in [0.5, 0.6) is 0 Å². The predicted molar refractivity (Wildman–Crippen MR) is 71.5 cm³/mol. The topological polar surface area (TPSA) is 41.6 Å². The Morgan fingerprint density at radius 2 is 2.41 bits per heavy atom. The van der Waals surface area contributed by atoms with Crippen molar-refractivity contribution < 1.29 is 0 Å². The fourth-order valence-corrected chi connectivity index (χ4v) is 1.59. The quantitative estimate of drug-likeness (QED) is 0.639. The molecule has 0 spiro atoms. The van der Waals surface area contributed by atoms with Crippen molar-refractivity contribution in [2.45, 2.75) is 13.3 Å². The van der Waals surface area contributed by atoms with E-state index >= 15 is 0 Å². The first-order chi connectivity index (χ1) is 8.35. The van der Waals surface area contributed by atoms with Crippen LogP contribution in [0.1, 0.15) is 19.2 Å². The number of hydrogen-bond acceptors (Lipinski definition) is 2. The lowest BCUT2D eigenvalue weighted by atomic mass is 10.2. The maximum absolute atomic E-state index is 4.43. The third kappa shape index (κ3) is 2.50. The molecular formula is C14H15N3. The number of pyridine rings is 1. The van der Waals surface area contributed by atoms with Crippen LogP contribution >= 0.6 is 0 Å². The van der Waals surface area contributed by atoms with Crippen molar-refractivity contribution in [2.24, 2.45) is 0 Å². The third-order valence-corrected chi connectivity index (χ3v) is 2.46. The van der Waals surface area contributed by atoms with Crippen molar-refractivity contribution >= 4 is 16.7 Å². The smallest absolute Gasteiger partial charge is 0.178 e. The summed E-state index contributed by atoms with van der Waals surface area (Å²) in [6, 6.07) is 3.85. The lowest BCUT2D eigenvalue weighted by Gasteiger charge is -1.95. The summed E-state index contributed by atoms with van der Waals surface area (Å²) >= 11 is 0. The molecule has 2 rings (SSSR count). The number of aromatic amines is 1. The minimum Gasteiger partial charge on any atom is -0.337 e. The van der Waals surface area contributed by atoms with E-state index in [-0.39, 0.29) is 0 Å². The van der Waals surface area contributed by atoms with Crippen LogP contribution in [0.4, 0.5) is 0 Å². The van der Waals surface area contributed by atoms with Crippen LogP contribution in [0.2, 0.25) is 0 Å². The molecule has 0 bridgehead atoms. The van der Waals surface area contributed by atoms with Gasteiger partial charge >= 0.3 is 0 Å². The summed E-state index contributed by atoms with van der Waals surface area (Å²) in [4.78, 5) is 11.9. The van der Waals surface area contributed by atoms with Gasteiger partial charge in [-0.15, -0.1) is 0 Å². The van der Waals surface area contributed by atoms with Gasteiger partial charge < -0.3 is 4.98 Å². The Morgan fingerprint density at radius 3 is 3.12 bits per heavy atom. The van der Waals surface area contributed by atoms with Gasteiger partial charge in [0.1, 0.15) is 5.82 Å². The molecule has 0 radical (unpaired) electrons. The van der Waals surface area contributed by atoms with Gasteiger partial charge in [-0.25, -0.2) is 9.97 Å². The highest BCUT2D eigenvalue weighted by Crippen LogP contribution is 2.16. The van der Waals surface area contributed by atoms with E-state index < -0.39 is 0 Å². The summed E-state index contributed by atoms with van der Waals surface area (Å²) < 4.78 is 0. The Kier molecular flexibility index (Phi) is 3.50. The van der Waals surface area contributed by atoms with Gasteiger partial charge in [-0.1, -0.05) is 30.9 Å². The fraction of sp³-hybridized carbons (Fsp3) is 0.143. The molecule has 0 fully saturated rings. The molecule has 3 heteroatoms. The van der Waals surface area contributed by atoms with Crippen molar-refractivity contribution in [2.75, 3.05) is 0 Å². The first-order valence-corrected chi connectivity index (χ1v) is 5.60. The van der Waals surface area contributed by atoms with Gasteiger partial charge in [0.05, 0.1) is 5.52 Å². The molecule has 2 heterocycles. The van der Waals surface area contributed by atoms with Crippen molar-refractivity contribution in [3.05, 3.63) is 55.0 Å². The summed E-state index contributed by atoms with van der Waals surface area (Å²) in [6.45, 7) is 5.82. The van der Waals surface area contributed by atoms with Crippen LogP contribution in [0.3, 0.4) is 0 Å². The summed E-state index contributed by atoms with van der Waals surface area (Å²) in [7, 11) is 0. The third-order valence-electron chi connectivity index (χ3n) is 2.46. The van der Waals surface area contributed by atoms with Gasteiger partial charge in [0.2, 0.25) is 0 Å². The van der Waals surface area contributed by atoms with Crippen molar-refractivity contribution in [1.29, 1.82) is 0 Å². The van der Waals surface area contributed by atoms with Crippen molar-refractivity contribution in [3.63, 3.8) is 0 Å². The highest BCUT2D eigenvalue weighted by Gasteiger charge is 2.04. The first kappa shape index (κ1) is 11.3. The van der Waals surface area contributed by atoms with Crippen LogP contribution in [0.25, 0.3) is 16.7 Å². The molecule has 0 saturated heterocycles. The van der Waals surface area contributed by atoms with E-state index in [1.54, 1.807) is 12.3 Å². The van der Waals surface area contributed by atoms with Crippen LogP contribution < -0.4 is 0 Å². The average Bonchev–Trinajstić information content (AvgIpc) is 2.78. The number of H-pyrrole nitrogens is 1. The lowest BCUT2D eigenvalue weighted by molar-refractivity contribution is 1.24. The molecule has 2 aromatic heterocycles. The Bertz CT molecular complexity index is 543. The normalized spacial score (nSPS) is 12.4. The minimum absolute atomic E-state index is 0.737. The molecule has 3 nitrogen and oxygen atoms in total. The Morgan fingerprint density at radius 1 is 1.53 bits per heavy atom. The monoisotopic (exact) mass is 225 g/mol. The van der Waals surface area contributed by atoms with Crippen LogP contribution in [0, 0.1) is 0 Å². The molecule has 0 amide bonds. The van der Waals surface area contributed by atoms with E-state index in [1.165, 1.54) is 0 Å². The summed E-state index contributed by atoms with van der Waals surface area (Å²) in [6.07, 6.45) is 10.6. The van der Waals surface area contributed by atoms with Gasteiger partial charge in [0.15, 0.2) is 5.65 Å². The number of nitrogens with zero attached hydrogens (tertiary/aromatic N) is 2. The number of hydrogen-bond donors (Lipinski definition) is 1. The average molecular weight is 225 g/mol. The second-order valence-electron chi connectivity index (χ2n) is 3.63. The number of imidazole rings is 1. The number of nitrogens with one attached hydrogen (secondary N) is 1. The molecule has 0 unspecified atom stereocenters. The molecule has 1 N–H and O–H groups in total. The molecule has 0 saturated carbocycles. The zero-order valence-electron chi connectivity index (χ0n) is 9.85. The molecule has 17 heavy (non-hydrogen) atoms. The molecular weight excluding hydrogens is 210 g/mol. The minimum atomic E-state index is 0.737. The van der Waals surface area contributed by atoms with E-state index in [0.717, 1.165) is 29.0 Å². The zero-order chi connectivity index (χ0) is 12.1. The van der Waals surface area contributed by atoms with Gasteiger partial charge in [0, 0.05) is 11.8 Å². The van der Waals surface area contributed by atoms with Gasteiger partial charge in [0.25, 0.3) is 0 Å². The van der Waals surface area contributed by atoms with E-state index in [0.29, 0.717) is 0 Å². The highest BCUT2D eigenvalue weighted by atomic mass is 15.0. The van der Waals surface area contributed by atoms with E-state index in [9.17, 15) is 0 Å². The zero-order valence-corrected chi connectivity index (χ0v) is 9.85. The Labute approximate surface area is 101 Å². The second kappa shape index (κ2) is 5.25. The van der Waals surface area contributed by atoms with Crippen LogP contribution in [-0.2, 0) is 0 Å². The molecule has 0 atom stereocenters. The van der Waals surface area contributed by atoms with Gasteiger partial charge in [-0.3, -0.25) is 0 Å². The number of allylic oxidation sites excluding steroid dienone is 5. The van der Waals surface area contributed by atoms with Crippen LogP contribution in [-0.4, -0.2) is 15.0 Å². The lowest BCUT2D eigenvalue weighted by Crippen LogP contribution is -1.83. The maximum Gasteiger partial charge on any atom is 0.178 e. The molecule has 86 valence electrons. The van der Waals surface area contributed by atoms with Crippen molar-refractivity contribution in [1.82, 2.24) is 15.0 Å². The summed E-state index contributed by atoms with van der Waals surface area (Å²) in [5.74, 6) is 0.818. The molecule has 0 aliphatic heterocycles. The molecule has 0 aliphatic rings. The molecule has 0 aromatic carbocycles. The predicted octanol–water partition coefficient (Wildman–Crippen LogP) is 3.49. The first-order valence-electron chi connectivity index (χ1n) is 5.60. The molecule has 0 aliphatic carbocycles. The molecule has 2 aromatic rings. The number of fused-ring (bicyclic) bond motifs is 1. The van der Waals surface area contributed by atoms with Gasteiger partial charge in [-0.05, 0) is 25.5 Å². The Hall–Kier alpha value is -2.16. The summed E-state index contributed by atoms with van der Waals surface area (Å²) in [5, 5.41) is 0. The largest absolute Gasteiger partial charge is 0.337 e. The standard InChI is InChI=1S/C14H15N3/c1-3-5-6-8-11(4-2)13-16-12-9-7-10-15-14(12)17-13/h3-5,7-10H,2,6H2,1H3,(H,15,16,17)/b5-3?,11-8+. The van der Waals surface area contributed by atoms with E-state index in [1.807, 2.05) is 25.1 Å². The summed E-state index contributed by atoms with van der Waals surface area (Å²) in [5.41, 5.74) is 2.68. The maximum atomic E-state index is 4.43. The Balaban J connectivity index is 2.36. The van der Waals surface area contributed by atoms with E-state index in [4.69, 9.17) is 0 Å². The SMILES string of the molecule is C=C/C(=C\CC=CC)c1nc2ncccc2[nH]1. The number of rotatable bonds is 4. The number of aromatic nitrogens is 3. The highest BCUT2D eigenvalue weighted by molar-refractivity contribution is 5.78. The second-order valence-corrected chi connectivity index (χ2v) is 3.63.